The van der Waals surface area contributed by atoms with E-state index >= 15 is 0 Å². The Morgan fingerprint density at radius 3 is 2.33 bits per heavy atom. The number of carbonyl (C=O) groups excluding carboxylic acids is 3. The average molecular weight is 459 g/mol. The van der Waals surface area contributed by atoms with Gasteiger partial charge in [-0.05, 0) is 50.6 Å². The number of aliphatic hydroxyl groups is 3. The van der Waals surface area contributed by atoms with Gasteiger partial charge in [-0.25, -0.2) is 0 Å². The molecule has 4 unspecified atom stereocenters. The van der Waals surface area contributed by atoms with E-state index in [4.69, 9.17) is 5.73 Å². The number of aliphatic hydroxyl groups excluding tert-OH is 2. The number of hydrogen-bond acceptors (Lipinski definition) is 9. The fraction of sp³-hybridized carbons (Fsp3) is 0.522. The number of phenols is 1. The van der Waals surface area contributed by atoms with Crippen molar-refractivity contribution in [2.45, 2.75) is 30.6 Å². The largest absolute Gasteiger partial charge is 0.507 e. The van der Waals surface area contributed by atoms with Gasteiger partial charge in [-0.1, -0.05) is 0 Å². The Labute approximate surface area is 190 Å². The van der Waals surface area contributed by atoms with E-state index in [1.54, 1.807) is 25.1 Å². The van der Waals surface area contributed by atoms with E-state index in [9.17, 15) is 34.8 Å². The molecular formula is C23H29N3O7. The number of aromatic hydroxyl groups is 1. The lowest BCUT2D eigenvalue weighted by molar-refractivity contribution is -0.184. The van der Waals surface area contributed by atoms with Crippen molar-refractivity contribution in [2.24, 2.45) is 23.5 Å². The number of anilines is 1. The zero-order chi connectivity index (χ0) is 24.6. The minimum Gasteiger partial charge on any atom is -0.507 e. The van der Waals surface area contributed by atoms with Gasteiger partial charge in [0.25, 0.3) is 0 Å². The number of rotatable bonds is 3. The molecule has 6 atom stereocenters. The van der Waals surface area contributed by atoms with Crippen LogP contribution in [0, 0.1) is 17.8 Å². The second kappa shape index (κ2) is 7.54. The van der Waals surface area contributed by atoms with E-state index in [0.29, 0.717) is 5.56 Å². The highest BCUT2D eigenvalue weighted by molar-refractivity contribution is 6.25. The van der Waals surface area contributed by atoms with Gasteiger partial charge >= 0.3 is 0 Å². The van der Waals surface area contributed by atoms with Crippen molar-refractivity contribution in [3.05, 3.63) is 28.8 Å². The number of nitrogens with zero attached hydrogens (tertiary/aromatic N) is 2. The number of ketones is 2. The quantitative estimate of drug-likeness (QED) is 0.364. The maximum Gasteiger partial charge on any atom is 0.230 e. The number of Topliss-reactive ketones (excluding diaryl/α,β-unsaturated/α-hetero) is 2. The molecule has 10 heteroatoms. The van der Waals surface area contributed by atoms with Crippen LogP contribution in [0.1, 0.15) is 17.5 Å². The van der Waals surface area contributed by atoms with Crippen LogP contribution in [0.5, 0.6) is 5.75 Å². The van der Waals surface area contributed by atoms with Crippen LogP contribution in [0.2, 0.25) is 0 Å². The maximum absolute atomic E-state index is 13.7. The predicted octanol–water partition coefficient (Wildman–Crippen LogP) is -0.805. The Hall–Kier alpha value is -2.95. The molecule has 0 saturated heterocycles. The Morgan fingerprint density at radius 2 is 1.79 bits per heavy atom. The van der Waals surface area contributed by atoms with Crippen molar-refractivity contribution in [1.82, 2.24) is 4.90 Å². The molecule has 3 aliphatic carbocycles. The summed E-state index contributed by atoms with van der Waals surface area (Å²) in [5.41, 5.74) is 4.05. The number of amides is 1. The number of hydrogen-bond donors (Lipinski definition) is 5. The number of benzene rings is 1. The molecule has 33 heavy (non-hydrogen) atoms. The van der Waals surface area contributed by atoms with Gasteiger partial charge in [-0.3, -0.25) is 14.4 Å². The van der Waals surface area contributed by atoms with Gasteiger partial charge in [0.2, 0.25) is 11.7 Å². The van der Waals surface area contributed by atoms with E-state index in [1.807, 2.05) is 19.0 Å². The molecule has 0 bridgehead atoms. The summed E-state index contributed by atoms with van der Waals surface area (Å²) in [4.78, 5) is 42.3. The molecule has 178 valence electrons. The van der Waals surface area contributed by atoms with Crippen LogP contribution in [0.25, 0.3) is 5.76 Å². The van der Waals surface area contributed by atoms with Gasteiger partial charge in [0, 0.05) is 37.3 Å². The Kier molecular flexibility index (Phi) is 5.31. The van der Waals surface area contributed by atoms with Gasteiger partial charge < -0.3 is 36.0 Å². The Morgan fingerprint density at radius 1 is 1.15 bits per heavy atom. The summed E-state index contributed by atoms with van der Waals surface area (Å²) in [7, 11) is 6.87. The molecule has 6 N–H and O–H groups in total. The minimum absolute atomic E-state index is 0.0850. The van der Waals surface area contributed by atoms with Gasteiger partial charge in [0.15, 0.2) is 11.4 Å². The number of primary amides is 1. The fourth-order valence-corrected chi connectivity index (χ4v) is 6.01. The molecule has 4 rings (SSSR count). The van der Waals surface area contributed by atoms with Crippen LogP contribution in [0.3, 0.4) is 0 Å². The number of nitrogens with two attached hydrogens (primary N) is 1. The third-order valence-corrected chi connectivity index (χ3v) is 7.43. The Bertz CT molecular complexity index is 1100. The Balaban J connectivity index is 1.94. The summed E-state index contributed by atoms with van der Waals surface area (Å²) in [5, 5.41) is 44.0. The lowest BCUT2D eigenvalue weighted by Gasteiger charge is -2.53. The second-order valence-corrected chi connectivity index (χ2v) is 9.64. The summed E-state index contributed by atoms with van der Waals surface area (Å²) in [5.74, 6) is -7.40. The highest BCUT2D eigenvalue weighted by Crippen LogP contribution is 2.53. The molecule has 0 aromatic heterocycles. The van der Waals surface area contributed by atoms with Gasteiger partial charge in [-0.15, -0.1) is 0 Å². The molecule has 0 heterocycles. The minimum atomic E-state index is -2.64. The van der Waals surface area contributed by atoms with Crippen molar-refractivity contribution in [1.29, 1.82) is 0 Å². The standard InChI is InChI=1S/C23H29N3O7/c1-25(2)12-5-6-13(27)15-10(12)7-9-8-11-17(26(3)4)19(29)16(22(24)32)21(31)23(11,33)20(30)14(9)18(15)28/h5-6,9,11,16-17,19,27-29,33H,7-8H2,1-4H3,(H2,24,32)/t9?,11?,16?,17-,19?,23-/m0/s1. The number of fused-ring (bicyclic) bond motifs is 3. The molecule has 0 aliphatic heterocycles. The predicted molar refractivity (Wildman–Crippen MR) is 118 cm³/mol. The van der Waals surface area contributed by atoms with Crippen LogP contribution in [-0.2, 0) is 20.8 Å². The van der Waals surface area contributed by atoms with Crippen LogP contribution in [0.15, 0.2) is 17.7 Å². The van der Waals surface area contributed by atoms with E-state index in [2.05, 4.69) is 0 Å². The lowest BCUT2D eigenvalue weighted by Crippen LogP contribution is -2.73. The number of carbonyl (C=O) groups is 3. The van der Waals surface area contributed by atoms with Crippen molar-refractivity contribution < 1.29 is 34.8 Å². The molecule has 1 amide bonds. The molecule has 3 aliphatic rings. The normalized spacial score (nSPS) is 33.5. The lowest BCUT2D eigenvalue weighted by atomic mass is 9.54. The molecule has 10 nitrogen and oxygen atoms in total. The zero-order valence-electron chi connectivity index (χ0n) is 18.9. The summed E-state index contributed by atoms with van der Waals surface area (Å²) in [6, 6.07) is 2.21. The van der Waals surface area contributed by atoms with Gasteiger partial charge in [-0.2, -0.15) is 0 Å². The second-order valence-electron chi connectivity index (χ2n) is 9.64. The summed E-state index contributed by atoms with van der Waals surface area (Å²) >= 11 is 0. The van der Waals surface area contributed by atoms with Crippen LogP contribution < -0.4 is 10.6 Å². The first-order valence-electron chi connectivity index (χ1n) is 10.7. The number of likely N-dealkylation sites (N-methyl/N-ethyl adjacent to an activating group) is 1. The van der Waals surface area contributed by atoms with Crippen molar-refractivity contribution >= 4 is 28.9 Å². The summed E-state index contributed by atoms with van der Waals surface area (Å²) in [6.07, 6.45) is -1.13. The monoisotopic (exact) mass is 459 g/mol. The van der Waals surface area contributed by atoms with Gasteiger partial charge in [0.05, 0.1) is 11.7 Å². The van der Waals surface area contributed by atoms with Gasteiger partial charge in [0.1, 0.15) is 17.4 Å². The van der Waals surface area contributed by atoms with E-state index in [-0.39, 0.29) is 29.7 Å². The smallest absolute Gasteiger partial charge is 0.230 e. The highest BCUT2D eigenvalue weighted by atomic mass is 16.3. The van der Waals surface area contributed by atoms with Crippen molar-refractivity contribution in [3.8, 4) is 5.75 Å². The van der Waals surface area contributed by atoms with E-state index in [0.717, 1.165) is 5.69 Å². The first kappa shape index (κ1) is 23.2. The third kappa shape index (κ3) is 3.01. The van der Waals surface area contributed by atoms with Crippen LogP contribution in [0.4, 0.5) is 5.69 Å². The van der Waals surface area contributed by atoms with Crippen molar-refractivity contribution in [3.63, 3.8) is 0 Å². The zero-order valence-corrected chi connectivity index (χ0v) is 18.9. The highest BCUT2D eigenvalue weighted by Gasteiger charge is 2.67. The first-order valence-corrected chi connectivity index (χ1v) is 10.7. The first-order chi connectivity index (χ1) is 15.3. The van der Waals surface area contributed by atoms with Crippen LogP contribution >= 0.6 is 0 Å². The molecule has 0 spiro atoms. The SMILES string of the molecule is CN(C)c1ccc(O)c2c1CC1CC3[C@H](N(C)C)C(O)C(C(N)=O)C(=O)[C@@]3(O)C(=O)C1=C2O. The average Bonchev–Trinajstić information content (AvgIpc) is 2.70. The number of phenolic OH excluding ortho intramolecular Hbond substituents is 1. The van der Waals surface area contributed by atoms with E-state index in [1.165, 1.54) is 6.07 Å². The summed E-state index contributed by atoms with van der Waals surface area (Å²) < 4.78 is 0. The molecule has 2 saturated carbocycles. The fourth-order valence-electron chi connectivity index (χ4n) is 6.01. The van der Waals surface area contributed by atoms with E-state index < -0.39 is 58.7 Å². The molecule has 1 aromatic carbocycles. The molecular weight excluding hydrogens is 430 g/mol. The molecule has 0 radical (unpaired) electrons. The maximum atomic E-state index is 13.7. The third-order valence-electron chi connectivity index (χ3n) is 7.43. The molecule has 1 aromatic rings. The van der Waals surface area contributed by atoms with Crippen molar-refractivity contribution in [2.75, 3.05) is 33.1 Å². The van der Waals surface area contributed by atoms with Crippen LogP contribution in [-0.4, -0.2) is 88.7 Å². The molecule has 2 fully saturated rings. The topological polar surface area (TPSA) is 165 Å². The summed E-state index contributed by atoms with van der Waals surface area (Å²) in [6.45, 7) is 0.